The summed E-state index contributed by atoms with van der Waals surface area (Å²) in [7, 11) is 1.62. The van der Waals surface area contributed by atoms with Crippen LogP contribution in [0.5, 0.6) is 5.75 Å². The van der Waals surface area contributed by atoms with Gasteiger partial charge in [0.1, 0.15) is 18.4 Å². The molecule has 31 heavy (non-hydrogen) atoms. The zero-order valence-corrected chi connectivity index (χ0v) is 16.7. The lowest BCUT2D eigenvalue weighted by molar-refractivity contribution is -0.120. The molecule has 3 unspecified atom stereocenters. The normalized spacial score (nSPS) is 22.3. The molecule has 2 amide bonds. The molecule has 2 aliphatic rings. The number of carbonyl (C=O) groups is 2. The molecule has 0 saturated carbocycles. The molecule has 9 heteroatoms. The van der Waals surface area contributed by atoms with E-state index in [-0.39, 0.29) is 36.6 Å². The van der Waals surface area contributed by atoms with E-state index in [2.05, 4.69) is 15.4 Å². The number of hydrogen-bond acceptors (Lipinski definition) is 5. The van der Waals surface area contributed by atoms with Gasteiger partial charge < -0.3 is 15.0 Å². The van der Waals surface area contributed by atoms with E-state index >= 15 is 0 Å². The maximum atomic E-state index is 14.6. The van der Waals surface area contributed by atoms with Crippen molar-refractivity contribution in [1.82, 2.24) is 20.1 Å². The van der Waals surface area contributed by atoms with Gasteiger partial charge >= 0.3 is 0 Å². The third-order valence-corrected chi connectivity index (χ3v) is 5.62. The fourth-order valence-electron chi connectivity index (χ4n) is 4.01. The van der Waals surface area contributed by atoms with E-state index in [1.165, 1.54) is 9.58 Å². The van der Waals surface area contributed by atoms with Gasteiger partial charge in [-0.3, -0.25) is 9.59 Å². The topological polar surface area (TPSA) is 89.4 Å². The number of aromatic nitrogens is 3. The molecule has 0 bridgehead atoms. The van der Waals surface area contributed by atoms with E-state index in [1.54, 1.807) is 25.2 Å². The van der Waals surface area contributed by atoms with E-state index in [0.717, 1.165) is 5.56 Å². The molecule has 1 N–H and O–H groups in total. The van der Waals surface area contributed by atoms with Crippen LogP contribution in [0, 0.1) is 0 Å². The maximum absolute atomic E-state index is 14.6. The summed E-state index contributed by atoms with van der Waals surface area (Å²) in [5.41, 5.74) is 1.52. The van der Waals surface area contributed by atoms with E-state index < -0.39 is 18.1 Å². The lowest BCUT2D eigenvalue weighted by atomic mass is 10.0. The molecule has 0 spiro atoms. The summed E-state index contributed by atoms with van der Waals surface area (Å²) in [6.45, 7) is -0.0299. The van der Waals surface area contributed by atoms with Crippen LogP contribution in [0.1, 0.15) is 40.6 Å². The zero-order valence-electron chi connectivity index (χ0n) is 16.7. The van der Waals surface area contributed by atoms with Crippen molar-refractivity contribution >= 4 is 17.5 Å². The highest BCUT2D eigenvalue weighted by molar-refractivity contribution is 6.02. The Morgan fingerprint density at radius 3 is 2.71 bits per heavy atom. The quantitative estimate of drug-likeness (QED) is 0.702. The van der Waals surface area contributed by atoms with Gasteiger partial charge in [-0.1, -0.05) is 42.5 Å². The summed E-state index contributed by atoms with van der Waals surface area (Å²) >= 11 is 0. The first kappa shape index (κ1) is 19.2. The number of ether oxygens (including phenoxy) is 1. The molecule has 3 aromatic rings. The van der Waals surface area contributed by atoms with Crippen molar-refractivity contribution in [2.24, 2.45) is 0 Å². The van der Waals surface area contributed by atoms with E-state index in [1.807, 2.05) is 36.4 Å². The minimum absolute atomic E-state index is 0.0299. The van der Waals surface area contributed by atoms with Crippen LogP contribution in [-0.2, 0) is 4.79 Å². The van der Waals surface area contributed by atoms with Gasteiger partial charge in [-0.15, -0.1) is 5.10 Å². The first-order valence-corrected chi connectivity index (χ1v) is 9.98. The minimum Gasteiger partial charge on any atom is -0.489 e. The van der Waals surface area contributed by atoms with Crippen LogP contribution in [0.4, 0.5) is 10.1 Å². The van der Waals surface area contributed by atoms with Gasteiger partial charge in [0.15, 0.2) is 12.0 Å². The lowest BCUT2D eigenvalue weighted by Crippen LogP contribution is -2.49. The summed E-state index contributed by atoms with van der Waals surface area (Å²) in [5.74, 6) is -0.472. The van der Waals surface area contributed by atoms with Crippen LogP contribution in [0.25, 0.3) is 0 Å². The summed E-state index contributed by atoms with van der Waals surface area (Å²) in [5, 5.41) is 6.89. The van der Waals surface area contributed by atoms with Gasteiger partial charge in [0.2, 0.25) is 5.82 Å². The Labute approximate surface area is 177 Å². The number of amides is 2. The number of benzene rings is 2. The average molecular weight is 421 g/mol. The van der Waals surface area contributed by atoms with Gasteiger partial charge in [-0.05, 0) is 17.7 Å². The Kier molecular flexibility index (Phi) is 4.65. The number of para-hydroxylation sites is 2. The Bertz CT molecular complexity index is 1150. The fourth-order valence-corrected chi connectivity index (χ4v) is 4.01. The number of rotatable bonds is 3. The number of nitrogens with one attached hydrogen (secondary N) is 1. The molecule has 8 nitrogen and oxygen atoms in total. The lowest BCUT2D eigenvalue weighted by Gasteiger charge is -2.19. The Hall–Kier alpha value is -3.75. The number of carbonyl (C=O) groups excluding carboxylic acids is 2. The molecule has 3 heterocycles. The molecular formula is C22H20FN5O3. The molecule has 5 rings (SSSR count). The largest absolute Gasteiger partial charge is 0.489 e. The molecule has 0 fully saturated rings. The predicted molar refractivity (Wildman–Crippen MR) is 110 cm³/mol. The SMILES string of the molecule is CN1C(=O)C(NC(=O)c2nc3n(n2)C(c2ccccc2)CC3F)COc2ccccc21. The third kappa shape index (κ3) is 3.31. The number of fused-ring (bicyclic) bond motifs is 2. The van der Waals surface area contributed by atoms with Crippen LogP contribution in [0.15, 0.2) is 54.6 Å². The van der Waals surface area contributed by atoms with Crippen LogP contribution >= 0.6 is 0 Å². The van der Waals surface area contributed by atoms with Crippen molar-refractivity contribution in [3.63, 3.8) is 0 Å². The van der Waals surface area contributed by atoms with E-state index in [0.29, 0.717) is 11.4 Å². The van der Waals surface area contributed by atoms with Crippen LogP contribution < -0.4 is 15.0 Å². The Morgan fingerprint density at radius 2 is 1.90 bits per heavy atom. The fraction of sp³-hybridized carbons (Fsp3) is 0.273. The molecule has 2 aliphatic heterocycles. The standard InChI is InChI=1S/C22H20FN5O3/c1-27-16-9-5-6-10-18(16)31-12-15(22(27)30)24-21(29)19-25-20-14(23)11-17(28(20)26-19)13-7-3-2-4-8-13/h2-10,14-15,17H,11-12H2,1H3,(H,24,29). The number of halogens is 1. The smallest absolute Gasteiger partial charge is 0.291 e. The molecular weight excluding hydrogens is 401 g/mol. The molecule has 0 aliphatic carbocycles. The monoisotopic (exact) mass is 421 g/mol. The highest BCUT2D eigenvalue weighted by Crippen LogP contribution is 2.39. The average Bonchev–Trinajstić information content (AvgIpc) is 3.34. The predicted octanol–water partition coefficient (Wildman–Crippen LogP) is 2.44. The summed E-state index contributed by atoms with van der Waals surface area (Å²) < 4.78 is 21.7. The first-order valence-electron chi connectivity index (χ1n) is 9.98. The zero-order chi connectivity index (χ0) is 21.5. The van der Waals surface area contributed by atoms with Crippen LogP contribution in [-0.4, -0.2) is 46.3 Å². The van der Waals surface area contributed by atoms with Crippen molar-refractivity contribution < 1.29 is 18.7 Å². The minimum atomic E-state index is -1.32. The second-order valence-electron chi connectivity index (χ2n) is 7.57. The van der Waals surface area contributed by atoms with Gasteiger partial charge in [-0.2, -0.15) is 0 Å². The van der Waals surface area contributed by atoms with Gasteiger partial charge in [-0.25, -0.2) is 14.1 Å². The number of likely N-dealkylation sites (N-methyl/N-ethyl adjacent to an activating group) is 1. The first-order chi connectivity index (χ1) is 15.0. The van der Waals surface area contributed by atoms with Crippen molar-refractivity contribution in [1.29, 1.82) is 0 Å². The molecule has 1 aromatic heterocycles. The maximum Gasteiger partial charge on any atom is 0.291 e. The molecule has 0 radical (unpaired) electrons. The van der Waals surface area contributed by atoms with Crippen LogP contribution in [0.3, 0.4) is 0 Å². The number of alkyl halides is 1. The third-order valence-electron chi connectivity index (χ3n) is 5.62. The van der Waals surface area contributed by atoms with Gasteiger partial charge in [0.25, 0.3) is 11.8 Å². The van der Waals surface area contributed by atoms with Crippen molar-refractivity contribution in [2.75, 3.05) is 18.6 Å². The molecule has 158 valence electrons. The van der Waals surface area contributed by atoms with Crippen molar-refractivity contribution in [3.05, 3.63) is 71.8 Å². The summed E-state index contributed by atoms with van der Waals surface area (Å²) in [6.07, 6.45) is -1.10. The Morgan fingerprint density at radius 1 is 1.16 bits per heavy atom. The second-order valence-corrected chi connectivity index (χ2v) is 7.57. The van der Waals surface area contributed by atoms with Gasteiger partial charge in [0, 0.05) is 13.5 Å². The number of hydrogen-bond donors (Lipinski definition) is 1. The molecule has 3 atom stereocenters. The van der Waals surface area contributed by atoms with Crippen molar-refractivity contribution in [2.45, 2.75) is 24.7 Å². The van der Waals surface area contributed by atoms with Gasteiger partial charge in [0.05, 0.1) is 11.7 Å². The molecule has 0 saturated heterocycles. The highest BCUT2D eigenvalue weighted by atomic mass is 19.1. The summed E-state index contributed by atoms with van der Waals surface area (Å²) in [4.78, 5) is 31.2. The second kappa shape index (κ2) is 7.50. The Balaban J connectivity index is 1.36. The van der Waals surface area contributed by atoms with E-state index in [9.17, 15) is 14.0 Å². The van der Waals surface area contributed by atoms with E-state index in [4.69, 9.17) is 4.74 Å². The summed E-state index contributed by atoms with van der Waals surface area (Å²) in [6, 6.07) is 15.3. The highest BCUT2D eigenvalue weighted by Gasteiger charge is 2.37. The molecule has 2 aromatic carbocycles. The number of anilines is 1. The van der Waals surface area contributed by atoms with Crippen molar-refractivity contribution in [3.8, 4) is 5.75 Å². The number of nitrogens with zero attached hydrogens (tertiary/aromatic N) is 4. The van der Waals surface area contributed by atoms with Crippen LogP contribution in [0.2, 0.25) is 0 Å².